The molecule has 0 atom stereocenters. The Kier molecular flexibility index (Phi) is 1.97. The Balaban J connectivity index is 2.05. The Morgan fingerprint density at radius 2 is 2.05 bits per heavy atom. The van der Waals surface area contributed by atoms with Gasteiger partial charge in [-0.05, 0) is 24.3 Å². The lowest BCUT2D eigenvalue weighted by Gasteiger charge is -2.34. The van der Waals surface area contributed by atoms with Crippen LogP contribution in [0.4, 0.5) is 0 Å². The molecule has 96 valence electrons. The number of aromatic nitrogens is 2. The molecule has 3 aliphatic rings. The number of carbonyl (C=O) groups is 1. The second-order valence-electron chi connectivity index (χ2n) is 5.55. The molecule has 1 aromatic heterocycles. The van der Waals surface area contributed by atoms with Crippen LogP contribution in [-0.4, -0.2) is 15.5 Å². The standard InChI is InChI=1S/C15H15N3O/c1-18-13-9-6-8(7-9)10-4-2-3-5-11(10)12(13)17-15(18)14(16)19/h2-5,8-9H,6-7H2,1H3,(H2,16,19). The van der Waals surface area contributed by atoms with E-state index >= 15 is 0 Å². The Morgan fingerprint density at radius 3 is 2.79 bits per heavy atom. The van der Waals surface area contributed by atoms with E-state index in [4.69, 9.17) is 5.73 Å². The van der Waals surface area contributed by atoms with Gasteiger partial charge in [0.1, 0.15) is 0 Å². The monoisotopic (exact) mass is 253 g/mol. The van der Waals surface area contributed by atoms with Gasteiger partial charge in [-0.3, -0.25) is 4.79 Å². The molecule has 0 spiro atoms. The number of benzene rings is 1. The molecule has 4 nitrogen and oxygen atoms in total. The first kappa shape index (κ1) is 10.8. The number of nitrogens with two attached hydrogens (primary N) is 1. The molecule has 0 aliphatic heterocycles. The molecule has 4 heteroatoms. The molecule has 1 fully saturated rings. The van der Waals surface area contributed by atoms with Crippen molar-refractivity contribution in [2.24, 2.45) is 12.8 Å². The lowest BCUT2D eigenvalue weighted by molar-refractivity contribution is 0.0987. The van der Waals surface area contributed by atoms with E-state index in [-0.39, 0.29) is 0 Å². The van der Waals surface area contributed by atoms with Crippen LogP contribution in [0.25, 0.3) is 11.3 Å². The average molecular weight is 253 g/mol. The van der Waals surface area contributed by atoms with Crippen molar-refractivity contribution in [2.75, 3.05) is 0 Å². The van der Waals surface area contributed by atoms with Crippen LogP contribution >= 0.6 is 0 Å². The fourth-order valence-electron chi connectivity index (χ4n) is 3.56. The molecule has 0 radical (unpaired) electrons. The first-order chi connectivity index (χ1) is 9.16. The molecule has 2 N–H and O–H groups in total. The largest absolute Gasteiger partial charge is 0.363 e. The van der Waals surface area contributed by atoms with Crippen LogP contribution in [0.3, 0.4) is 0 Å². The molecule has 3 aliphatic carbocycles. The Morgan fingerprint density at radius 1 is 1.32 bits per heavy atom. The van der Waals surface area contributed by atoms with E-state index in [1.54, 1.807) is 0 Å². The molecular weight excluding hydrogens is 238 g/mol. The lowest BCUT2D eigenvalue weighted by Crippen LogP contribution is -2.23. The van der Waals surface area contributed by atoms with Gasteiger partial charge in [-0.1, -0.05) is 24.3 Å². The molecule has 0 unspecified atom stereocenters. The fourth-order valence-corrected chi connectivity index (χ4v) is 3.56. The number of primary amides is 1. The van der Waals surface area contributed by atoms with Gasteiger partial charge in [0.15, 0.2) is 5.82 Å². The minimum atomic E-state index is -0.455. The summed E-state index contributed by atoms with van der Waals surface area (Å²) in [7, 11) is 1.90. The summed E-state index contributed by atoms with van der Waals surface area (Å²) in [6.45, 7) is 0. The van der Waals surface area contributed by atoms with E-state index in [9.17, 15) is 4.79 Å². The van der Waals surface area contributed by atoms with E-state index in [1.165, 1.54) is 16.8 Å². The Hall–Kier alpha value is -2.10. The molecule has 0 saturated heterocycles. The van der Waals surface area contributed by atoms with Crippen molar-refractivity contribution in [1.82, 2.24) is 9.55 Å². The van der Waals surface area contributed by atoms with Crippen LogP contribution in [0.5, 0.6) is 0 Å². The molecule has 1 saturated carbocycles. The van der Waals surface area contributed by atoms with Gasteiger partial charge in [0.25, 0.3) is 5.91 Å². The summed E-state index contributed by atoms with van der Waals surface area (Å²) in [5.74, 6) is 1.07. The van der Waals surface area contributed by atoms with E-state index in [0.717, 1.165) is 18.5 Å². The zero-order chi connectivity index (χ0) is 13.1. The summed E-state index contributed by atoms with van der Waals surface area (Å²) in [4.78, 5) is 16.0. The van der Waals surface area contributed by atoms with Crippen LogP contribution in [0.2, 0.25) is 0 Å². The molecule has 19 heavy (non-hydrogen) atoms. The number of nitrogens with zero attached hydrogens (tertiary/aromatic N) is 2. The van der Waals surface area contributed by atoms with Gasteiger partial charge < -0.3 is 10.3 Å². The van der Waals surface area contributed by atoms with Gasteiger partial charge >= 0.3 is 0 Å². The van der Waals surface area contributed by atoms with Gasteiger partial charge in [-0.25, -0.2) is 4.98 Å². The Bertz CT molecular complexity index is 695. The highest BCUT2D eigenvalue weighted by atomic mass is 16.1. The predicted molar refractivity (Wildman–Crippen MR) is 71.9 cm³/mol. The summed E-state index contributed by atoms with van der Waals surface area (Å²) in [5.41, 5.74) is 10.1. The second-order valence-corrected chi connectivity index (χ2v) is 5.55. The zero-order valence-electron chi connectivity index (χ0n) is 10.8. The third-order valence-electron chi connectivity index (χ3n) is 4.54. The summed E-state index contributed by atoms with van der Waals surface area (Å²) in [6, 6.07) is 8.40. The van der Waals surface area contributed by atoms with Crippen molar-refractivity contribution >= 4 is 5.91 Å². The summed E-state index contributed by atoms with van der Waals surface area (Å²) in [6.07, 6.45) is 2.31. The number of amides is 1. The smallest absolute Gasteiger partial charge is 0.284 e. The van der Waals surface area contributed by atoms with Gasteiger partial charge in [-0.15, -0.1) is 0 Å². The number of carbonyl (C=O) groups excluding carboxylic acids is 1. The zero-order valence-corrected chi connectivity index (χ0v) is 10.8. The van der Waals surface area contributed by atoms with Gasteiger partial charge in [0, 0.05) is 24.2 Å². The van der Waals surface area contributed by atoms with E-state index in [2.05, 4.69) is 23.2 Å². The van der Waals surface area contributed by atoms with Crippen molar-refractivity contribution in [3.8, 4) is 11.3 Å². The first-order valence-electron chi connectivity index (χ1n) is 6.62. The summed E-state index contributed by atoms with van der Waals surface area (Å²) in [5, 5.41) is 0. The molecule has 2 bridgehead atoms. The maximum atomic E-state index is 11.5. The van der Waals surface area contributed by atoms with Crippen LogP contribution in [-0.2, 0) is 7.05 Å². The van der Waals surface area contributed by atoms with E-state index in [1.807, 2.05) is 17.7 Å². The lowest BCUT2D eigenvalue weighted by atomic mass is 9.71. The van der Waals surface area contributed by atoms with Crippen LogP contribution in [0, 0.1) is 0 Å². The van der Waals surface area contributed by atoms with Crippen LogP contribution in [0.1, 0.15) is 46.6 Å². The van der Waals surface area contributed by atoms with Gasteiger partial charge in [0.05, 0.1) is 5.69 Å². The second kappa shape index (κ2) is 3.47. The molecule has 1 aromatic carbocycles. The number of hydrogen-bond acceptors (Lipinski definition) is 2. The van der Waals surface area contributed by atoms with Crippen molar-refractivity contribution in [1.29, 1.82) is 0 Å². The highest BCUT2D eigenvalue weighted by Gasteiger charge is 2.41. The summed E-state index contributed by atoms with van der Waals surface area (Å²) >= 11 is 0. The molecule has 5 rings (SSSR count). The molecule has 2 aromatic rings. The maximum Gasteiger partial charge on any atom is 0.284 e. The minimum absolute atomic E-state index is 0.366. The summed E-state index contributed by atoms with van der Waals surface area (Å²) < 4.78 is 1.89. The molecule has 1 heterocycles. The SMILES string of the molecule is Cn1c(C(N)=O)nc2c1C1CC(C1)c1ccccc1-2. The van der Waals surface area contributed by atoms with Crippen molar-refractivity contribution in [3.63, 3.8) is 0 Å². The number of imidazole rings is 1. The van der Waals surface area contributed by atoms with Crippen molar-refractivity contribution < 1.29 is 4.79 Å². The van der Waals surface area contributed by atoms with Gasteiger partial charge in [-0.2, -0.15) is 0 Å². The predicted octanol–water partition coefficient (Wildman–Crippen LogP) is 2.16. The van der Waals surface area contributed by atoms with Crippen LogP contribution < -0.4 is 5.73 Å². The van der Waals surface area contributed by atoms with Gasteiger partial charge in [0.2, 0.25) is 0 Å². The fraction of sp³-hybridized carbons (Fsp3) is 0.333. The van der Waals surface area contributed by atoms with E-state index < -0.39 is 5.91 Å². The topological polar surface area (TPSA) is 60.9 Å². The van der Waals surface area contributed by atoms with E-state index in [0.29, 0.717) is 17.7 Å². The normalized spacial score (nSPS) is 23.0. The highest BCUT2D eigenvalue weighted by Crippen LogP contribution is 2.55. The third kappa shape index (κ3) is 1.28. The average Bonchev–Trinajstić information content (AvgIpc) is 2.53. The maximum absolute atomic E-state index is 11.5. The Labute approximate surface area is 111 Å². The highest BCUT2D eigenvalue weighted by molar-refractivity contribution is 5.91. The quantitative estimate of drug-likeness (QED) is 0.846. The molecular formula is C15H15N3O. The van der Waals surface area contributed by atoms with Crippen molar-refractivity contribution in [3.05, 3.63) is 41.3 Å². The van der Waals surface area contributed by atoms with Crippen LogP contribution in [0.15, 0.2) is 24.3 Å². The van der Waals surface area contributed by atoms with Crippen molar-refractivity contribution in [2.45, 2.75) is 24.7 Å². The number of hydrogen-bond donors (Lipinski definition) is 1. The minimum Gasteiger partial charge on any atom is -0.363 e. The first-order valence-corrected chi connectivity index (χ1v) is 6.62. The number of rotatable bonds is 1. The third-order valence-corrected chi connectivity index (χ3v) is 4.54. The molecule has 1 amide bonds.